The highest BCUT2D eigenvalue weighted by Gasteiger charge is 2.27. The molecule has 7 nitrogen and oxygen atoms in total. The fourth-order valence-corrected chi connectivity index (χ4v) is 3.61. The van der Waals surface area contributed by atoms with Gasteiger partial charge in [0.25, 0.3) is 5.91 Å². The Morgan fingerprint density at radius 3 is 2.23 bits per heavy atom. The molecule has 1 aliphatic heterocycles. The number of aryl methyl sites for hydroxylation is 1. The van der Waals surface area contributed by atoms with Crippen molar-refractivity contribution in [3.05, 3.63) is 16.5 Å². The van der Waals surface area contributed by atoms with E-state index in [-0.39, 0.29) is 17.8 Å². The van der Waals surface area contributed by atoms with Crippen LogP contribution in [-0.4, -0.2) is 60.4 Å². The Morgan fingerprint density at radius 1 is 1.12 bits per heavy atom. The number of carbonyl (C=O) groups excluding carboxylic acids is 3. The van der Waals surface area contributed by atoms with E-state index in [1.54, 1.807) is 9.80 Å². The molecule has 2 rings (SSSR count). The lowest BCUT2D eigenvalue weighted by Gasteiger charge is -2.34. The van der Waals surface area contributed by atoms with Gasteiger partial charge in [0.1, 0.15) is 0 Å². The Balaban J connectivity index is 2.00. The molecule has 0 aromatic carbocycles. The van der Waals surface area contributed by atoms with Crippen LogP contribution in [0.5, 0.6) is 0 Å². The number of rotatable bonds is 3. The van der Waals surface area contributed by atoms with Crippen LogP contribution in [0.15, 0.2) is 6.07 Å². The van der Waals surface area contributed by atoms with Crippen molar-refractivity contribution in [2.75, 3.05) is 38.0 Å². The Morgan fingerprint density at radius 2 is 1.69 bits per heavy atom. The topological polar surface area (TPSA) is 81.8 Å². The van der Waals surface area contributed by atoms with Crippen LogP contribution in [0.1, 0.15) is 42.9 Å². The Bertz CT molecular complexity index is 685. The van der Waals surface area contributed by atoms with Gasteiger partial charge in [-0.05, 0) is 25.5 Å². The fraction of sp³-hybridized carbons (Fsp3) is 0.611. The van der Waals surface area contributed by atoms with Gasteiger partial charge in [-0.25, -0.2) is 4.79 Å². The lowest BCUT2D eigenvalue weighted by atomic mass is 9.96. The van der Waals surface area contributed by atoms with Gasteiger partial charge < -0.3 is 20.4 Å². The minimum atomic E-state index is -0.489. The molecule has 4 amide bonds. The normalized spacial score (nSPS) is 15.0. The first-order valence-corrected chi connectivity index (χ1v) is 9.69. The molecule has 0 bridgehead atoms. The second-order valence-corrected chi connectivity index (χ2v) is 8.49. The molecule has 8 heteroatoms. The van der Waals surface area contributed by atoms with E-state index in [1.807, 2.05) is 40.7 Å². The van der Waals surface area contributed by atoms with Crippen molar-refractivity contribution in [1.29, 1.82) is 0 Å². The third kappa shape index (κ3) is 4.75. The van der Waals surface area contributed by atoms with Crippen molar-refractivity contribution in [1.82, 2.24) is 15.1 Å². The number of piperazine rings is 1. The molecule has 2 N–H and O–H groups in total. The SMILES string of the molecule is CCNC(=O)N1CCN(C(=O)c2sc(NC(=O)C(C)(C)C)cc2C)CC1. The molecule has 1 aliphatic rings. The third-order valence-corrected chi connectivity index (χ3v) is 5.35. The van der Waals surface area contributed by atoms with Gasteiger partial charge in [0.2, 0.25) is 5.91 Å². The standard InChI is InChI=1S/C18H28N4O3S/c1-6-19-17(25)22-9-7-21(8-10-22)15(23)14-12(2)11-13(26-14)20-16(24)18(3,4)5/h11H,6-10H2,1-5H3,(H,19,25)(H,20,24). The molecule has 26 heavy (non-hydrogen) atoms. The summed E-state index contributed by atoms with van der Waals surface area (Å²) in [5.41, 5.74) is 0.368. The number of nitrogens with one attached hydrogen (secondary N) is 2. The van der Waals surface area contributed by atoms with E-state index in [0.717, 1.165) is 5.56 Å². The molecule has 0 radical (unpaired) electrons. The van der Waals surface area contributed by atoms with Gasteiger partial charge in [-0.1, -0.05) is 20.8 Å². The summed E-state index contributed by atoms with van der Waals surface area (Å²) < 4.78 is 0. The van der Waals surface area contributed by atoms with E-state index in [0.29, 0.717) is 42.6 Å². The third-order valence-electron chi connectivity index (χ3n) is 4.21. The van der Waals surface area contributed by atoms with E-state index >= 15 is 0 Å². The molecular weight excluding hydrogens is 352 g/mol. The zero-order valence-corrected chi connectivity index (χ0v) is 17.0. The van der Waals surface area contributed by atoms with Gasteiger partial charge in [0, 0.05) is 38.1 Å². The minimum Gasteiger partial charge on any atom is -0.338 e. The van der Waals surface area contributed by atoms with E-state index in [4.69, 9.17) is 0 Å². The predicted molar refractivity (Wildman–Crippen MR) is 104 cm³/mol. The highest BCUT2D eigenvalue weighted by Crippen LogP contribution is 2.29. The summed E-state index contributed by atoms with van der Waals surface area (Å²) in [6.07, 6.45) is 0. The van der Waals surface area contributed by atoms with Crippen molar-refractivity contribution >= 4 is 34.2 Å². The first-order chi connectivity index (χ1) is 12.1. The van der Waals surface area contributed by atoms with E-state index in [2.05, 4.69) is 10.6 Å². The number of hydrogen-bond acceptors (Lipinski definition) is 4. The molecule has 1 saturated heterocycles. The van der Waals surface area contributed by atoms with Crippen molar-refractivity contribution in [3.8, 4) is 0 Å². The maximum absolute atomic E-state index is 12.8. The molecule has 0 aliphatic carbocycles. The molecular formula is C18H28N4O3S. The lowest BCUT2D eigenvalue weighted by molar-refractivity contribution is -0.123. The van der Waals surface area contributed by atoms with E-state index in [1.165, 1.54) is 11.3 Å². The highest BCUT2D eigenvalue weighted by atomic mass is 32.1. The van der Waals surface area contributed by atoms with Crippen molar-refractivity contribution in [2.45, 2.75) is 34.6 Å². The van der Waals surface area contributed by atoms with Gasteiger partial charge >= 0.3 is 6.03 Å². The summed E-state index contributed by atoms with van der Waals surface area (Å²) in [6.45, 7) is 12.0. The van der Waals surface area contributed by atoms with Gasteiger partial charge in [0.15, 0.2) is 0 Å². The summed E-state index contributed by atoms with van der Waals surface area (Å²) in [5.74, 6) is -0.118. The first-order valence-electron chi connectivity index (χ1n) is 8.87. The zero-order chi connectivity index (χ0) is 19.5. The minimum absolute atomic E-state index is 0.0423. The van der Waals surface area contributed by atoms with Gasteiger partial charge in [-0.2, -0.15) is 0 Å². The maximum atomic E-state index is 12.8. The monoisotopic (exact) mass is 380 g/mol. The smallest absolute Gasteiger partial charge is 0.317 e. The maximum Gasteiger partial charge on any atom is 0.317 e. The van der Waals surface area contributed by atoms with Gasteiger partial charge in [-0.15, -0.1) is 11.3 Å². The number of nitrogens with zero attached hydrogens (tertiary/aromatic N) is 2. The van der Waals surface area contributed by atoms with Crippen LogP contribution in [-0.2, 0) is 4.79 Å². The van der Waals surface area contributed by atoms with Crippen molar-refractivity contribution < 1.29 is 14.4 Å². The fourth-order valence-electron chi connectivity index (χ4n) is 2.57. The number of urea groups is 1. The van der Waals surface area contributed by atoms with Gasteiger partial charge in [-0.3, -0.25) is 9.59 Å². The lowest BCUT2D eigenvalue weighted by Crippen LogP contribution is -2.53. The average Bonchev–Trinajstić information content (AvgIpc) is 2.94. The van der Waals surface area contributed by atoms with E-state index in [9.17, 15) is 14.4 Å². The van der Waals surface area contributed by atoms with Crippen molar-refractivity contribution in [3.63, 3.8) is 0 Å². The zero-order valence-electron chi connectivity index (χ0n) is 16.1. The molecule has 2 heterocycles. The Kier molecular flexibility index (Phi) is 6.28. The molecule has 1 aromatic rings. The van der Waals surface area contributed by atoms with Crippen LogP contribution >= 0.6 is 11.3 Å². The Labute approximate surface area is 158 Å². The summed E-state index contributed by atoms with van der Waals surface area (Å²) in [7, 11) is 0. The molecule has 1 fully saturated rings. The van der Waals surface area contributed by atoms with E-state index < -0.39 is 5.41 Å². The largest absolute Gasteiger partial charge is 0.338 e. The molecule has 1 aromatic heterocycles. The van der Waals surface area contributed by atoms with Crippen LogP contribution in [0.25, 0.3) is 0 Å². The number of carbonyl (C=O) groups is 3. The molecule has 144 valence electrons. The summed E-state index contributed by atoms with van der Waals surface area (Å²) in [4.78, 5) is 41.0. The second-order valence-electron chi connectivity index (χ2n) is 7.44. The number of amides is 4. The van der Waals surface area contributed by atoms with Gasteiger partial charge in [0.05, 0.1) is 9.88 Å². The second kappa shape index (κ2) is 8.07. The molecule has 0 spiro atoms. The first kappa shape index (κ1) is 20.2. The Hall–Kier alpha value is -2.09. The van der Waals surface area contributed by atoms with Crippen LogP contribution in [0.4, 0.5) is 9.80 Å². The quantitative estimate of drug-likeness (QED) is 0.845. The number of anilines is 1. The van der Waals surface area contributed by atoms with Crippen LogP contribution in [0.3, 0.4) is 0 Å². The predicted octanol–water partition coefficient (Wildman–Crippen LogP) is 2.53. The summed E-state index contributed by atoms with van der Waals surface area (Å²) in [6, 6.07) is 1.76. The number of thiophene rings is 1. The van der Waals surface area contributed by atoms with Crippen molar-refractivity contribution in [2.24, 2.45) is 5.41 Å². The highest BCUT2D eigenvalue weighted by molar-refractivity contribution is 7.18. The average molecular weight is 381 g/mol. The van der Waals surface area contributed by atoms with Crippen LogP contribution < -0.4 is 10.6 Å². The summed E-state index contributed by atoms with van der Waals surface area (Å²) >= 11 is 1.30. The van der Waals surface area contributed by atoms with Crippen LogP contribution in [0.2, 0.25) is 0 Å². The molecule has 0 atom stereocenters. The number of hydrogen-bond donors (Lipinski definition) is 2. The summed E-state index contributed by atoms with van der Waals surface area (Å²) in [5, 5.41) is 6.35. The van der Waals surface area contributed by atoms with Crippen LogP contribution in [0, 0.1) is 12.3 Å². The molecule has 0 saturated carbocycles. The molecule has 0 unspecified atom stereocenters.